The number of ketones is 1. The SMILES string of the molecule is COC(=O)C1(C(=O)OC)C/C(=C\CCC(C)=O)C(/C(C)=C/CC=C(C)C)C1. The number of Topliss-reactive ketones (excluding diaryl/α,β-unsaturated/α-hetero) is 1. The van der Waals surface area contributed by atoms with E-state index in [-0.39, 0.29) is 18.1 Å². The van der Waals surface area contributed by atoms with Gasteiger partial charge in [0.15, 0.2) is 5.41 Å². The number of carbonyl (C=O) groups excluding carboxylic acids is 3. The minimum absolute atomic E-state index is 0.0410. The number of hydrogen-bond donors (Lipinski definition) is 0. The highest BCUT2D eigenvalue weighted by atomic mass is 16.5. The monoisotopic (exact) mass is 376 g/mol. The van der Waals surface area contributed by atoms with Crippen molar-refractivity contribution in [1.82, 2.24) is 0 Å². The van der Waals surface area contributed by atoms with Gasteiger partial charge in [0.2, 0.25) is 0 Å². The van der Waals surface area contributed by atoms with Crippen LogP contribution in [-0.2, 0) is 23.9 Å². The summed E-state index contributed by atoms with van der Waals surface area (Å²) in [6, 6.07) is 0. The summed E-state index contributed by atoms with van der Waals surface area (Å²) in [6.45, 7) is 7.67. The fourth-order valence-corrected chi connectivity index (χ4v) is 3.56. The molecule has 0 saturated heterocycles. The van der Waals surface area contributed by atoms with Gasteiger partial charge in [-0.3, -0.25) is 9.59 Å². The minimum Gasteiger partial charge on any atom is -0.468 e. The molecule has 0 aliphatic heterocycles. The highest BCUT2D eigenvalue weighted by Crippen LogP contribution is 2.50. The molecule has 5 heteroatoms. The van der Waals surface area contributed by atoms with Gasteiger partial charge in [-0.05, 0) is 53.4 Å². The number of hydrogen-bond acceptors (Lipinski definition) is 5. The van der Waals surface area contributed by atoms with Crippen molar-refractivity contribution >= 4 is 17.7 Å². The Bertz CT molecular complexity index is 646. The van der Waals surface area contributed by atoms with E-state index in [2.05, 4.69) is 12.2 Å². The van der Waals surface area contributed by atoms with Gasteiger partial charge < -0.3 is 14.3 Å². The predicted octanol–water partition coefficient (Wildman–Crippen LogP) is 4.33. The van der Waals surface area contributed by atoms with Gasteiger partial charge in [-0.1, -0.05) is 34.9 Å². The third kappa shape index (κ3) is 5.91. The second-order valence-corrected chi connectivity index (χ2v) is 7.48. The van der Waals surface area contributed by atoms with Crippen LogP contribution < -0.4 is 0 Å². The zero-order valence-electron chi connectivity index (χ0n) is 17.4. The Morgan fingerprint density at radius 1 is 1.04 bits per heavy atom. The predicted molar refractivity (Wildman–Crippen MR) is 105 cm³/mol. The van der Waals surface area contributed by atoms with Crippen molar-refractivity contribution in [3.63, 3.8) is 0 Å². The smallest absolute Gasteiger partial charge is 0.323 e. The standard InChI is InChI=1S/C22H32O5/c1-15(2)9-7-10-16(3)19-14-22(20(24)26-5,21(25)27-6)13-18(19)12-8-11-17(4)23/h9-10,12,19H,7-8,11,13-14H2,1-6H3/b16-10+,18-12+. The number of allylic oxidation sites excluding steroid dienone is 6. The molecule has 0 aromatic rings. The lowest BCUT2D eigenvalue weighted by Crippen LogP contribution is -2.39. The lowest BCUT2D eigenvalue weighted by atomic mass is 9.84. The highest BCUT2D eigenvalue weighted by molar-refractivity contribution is 6.01. The maximum Gasteiger partial charge on any atom is 0.323 e. The molecule has 150 valence electrons. The van der Waals surface area contributed by atoms with E-state index < -0.39 is 17.4 Å². The lowest BCUT2D eigenvalue weighted by molar-refractivity contribution is -0.168. The summed E-state index contributed by atoms with van der Waals surface area (Å²) in [4.78, 5) is 36.3. The minimum atomic E-state index is -1.32. The van der Waals surface area contributed by atoms with Crippen molar-refractivity contribution in [1.29, 1.82) is 0 Å². The Morgan fingerprint density at radius 3 is 2.11 bits per heavy atom. The molecule has 1 unspecified atom stereocenters. The maximum absolute atomic E-state index is 12.5. The first-order valence-corrected chi connectivity index (χ1v) is 9.33. The van der Waals surface area contributed by atoms with Gasteiger partial charge in [-0.25, -0.2) is 0 Å². The number of ether oxygens (including phenoxy) is 2. The molecule has 1 aliphatic rings. The van der Waals surface area contributed by atoms with E-state index in [9.17, 15) is 14.4 Å². The van der Waals surface area contributed by atoms with Crippen LogP contribution >= 0.6 is 0 Å². The Hall–Kier alpha value is -2.17. The molecule has 0 N–H and O–H groups in total. The molecule has 0 aromatic heterocycles. The van der Waals surface area contributed by atoms with Crippen LogP contribution in [0.2, 0.25) is 0 Å². The molecule has 0 radical (unpaired) electrons. The number of carbonyl (C=O) groups is 3. The van der Waals surface area contributed by atoms with Crippen molar-refractivity contribution in [2.75, 3.05) is 14.2 Å². The number of rotatable bonds is 8. The second kappa shape index (κ2) is 10.2. The molecular formula is C22H32O5. The molecule has 1 atom stereocenters. The summed E-state index contributed by atoms with van der Waals surface area (Å²) in [5.74, 6) is -1.05. The second-order valence-electron chi connectivity index (χ2n) is 7.48. The van der Waals surface area contributed by atoms with Crippen LogP contribution in [0.3, 0.4) is 0 Å². The van der Waals surface area contributed by atoms with Gasteiger partial charge in [0.25, 0.3) is 0 Å². The first-order chi connectivity index (χ1) is 12.7. The molecule has 0 bridgehead atoms. The molecule has 0 amide bonds. The highest BCUT2D eigenvalue weighted by Gasteiger charge is 2.55. The van der Waals surface area contributed by atoms with Crippen LogP contribution in [0.25, 0.3) is 0 Å². The number of esters is 2. The molecule has 1 saturated carbocycles. The van der Waals surface area contributed by atoms with Crippen LogP contribution in [0.5, 0.6) is 0 Å². The quantitative estimate of drug-likeness (QED) is 0.358. The maximum atomic E-state index is 12.5. The number of methoxy groups -OCH3 is 2. The Kier molecular flexibility index (Phi) is 8.67. The topological polar surface area (TPSA) is 69.7 Å². The Balaban J connectivity index is 3.25. The summed E-state index contributed by atoms with van der Waals surface area (Å²) >= 11 is 0. The van der Waals surface area contributed by atoms with E-state index in [1.807, 2.05) is 26.8 Å². The zero-order chi connectivity index (χ0) is 20.6. The summed E-state index contributed by atoms with van der Waals surface area (Å²) in [7, 11) is 2.58. The largest absolute Gasteiger partial charge is 0.468 e. The molecule has 0 heterocycles. The summed E-state index contributed by atoms with van der Waals surface area (Å²) in [5.41, 5.74) is 2.03. The third-order valence-corrected chi connectivity index (χ3v) is 5.08. The summed E-state index contributed by atoms with van der Waals surface area (Å²) in [5, 5.41) is 0. The van der Waals surface area contributed by atoms with Gasteiger partial charge in [-0.15, -0.1) is 0 Å². The fraction of sp³-hybridized carbons (Fsp3) is 0.591. The third-order valence-electron chi connectivity index (χ3n) is 5.08. The van der Waals surface area contributed by atoms with Crippen LogP contribution in [0.1, 0.15) is 59.8 Å². The average Bonchev–Trinajstić information content (AvgIpc) is 3.00. The first kappa shape index (κ1) is 22.9. The van der Waals surface area contributed by atoms with Crippen molar-refractivity contribution < 1.29 is 23.9 Å². The van der Waals surface area contributed by atoms with E-state index in [0.29, 0.717) is 19.3 Å². The molecule has 0 aromatic carbocycles. The van der Waals surface area contributed by atoms with Crippen LogP contribution in [0.15, 0.2) is 34.9 Å². The van der Waals surface area contributed by atoms with E-state index in [4.69, 9.17) is 9.47 Å². The van der Waals surface area contributed by atoms with Crippen LogP contribution in [0, 0.1) is 11.3 Å². The lowest BCUT2D eigenvalue weighted by Gasteiger charge is -2.23. The van der Waals surface area contributed by atoms with Gasteiger partial charge >= 0.3 is 11.9 Å². The van der Waals surface area contributed by atoms with Gasteiger partial charge in [-0.2, -0.15) is 0 Å². The van der Waals surface area contributed by atoms with E-state index in [1.165, 1.54) is 19.8 Å². The molecule has 5 nitrogen and oxygen atoms in total. The van der Waals surface area contributed by atoms with Gasteiger partial charge in [0.05, 0.1) is 14.2 Å². The fourth-order valence-electron chi connectivity index (χ4n) is 3.56. The normalized spacial score (nSPS) is 20.3. The molecular weight excluding hydrogens is 344 g/mol. The van der Waals surface area contributed by atoms with Crippen molar-refractivity contribution in [2.24, 2.45) is 11.3 Å². The molecule has 1 fully saturated rings. The van der Waals surface area contributed by atoms with E-state index in [0.717, 1.165) is 17.6 Å². The van der Waals surface area contributed by atoms with E-state index >= 15 is 0 Å². The molecule has 27 heavy (non-hydrogen) atoms. The van der Waals surface area contributed by atoms with Crippen molar-refractivity contribution in [3.8, 4) is 0 Å². The summed E-state index contributed by atoms with van der Waals surface area (Å²) in [6.07, 6.45) is 8.69. The van der Waals surface area contributed by atoms with E-state index in [1.54, 1.807) is 6.92 Å². The van der Waals surface area contributed by atoms with Crippen molar-refractivity contribution in [3.05, 3.63) is 34.9 Å². The first-order valence-electron chi connectivity index (χ1n) is 9.33. The summed E-state index contributed by atoms with van der Waals surface area (Å²) < 4.78 is 9.88. The van der Waals surface area contributed by atoms with Crippen molar-refractivity contribution in [2.45, 2.75) is 59.8 Å². The zero-order valence-corrected chi connectivity index (χ0v) is 17.4. The molecule has 1 rings (SSSR count). The Labute approximate surface area is 162 Å². The van der Waals surface area contributed by atoms with Crippen LogP contribution in [-0.4, -0.2) is 31.9 Å². The average molecular weight is 376 g/mol. The van der Waals surface area contributed by atoms with Crippen LogP contribution in [0.4, 0.5) is 0 Å². The molecule has 1 aliphatic carbocycles. The van der Waals surface area contributed by atoms with Gasteiger partial charge in [0.1, 0.15) is 5.78 Å². The molecule has 0 spiro atoms. The van der Waals surface area contributed by atoms with Gasteiger partial charge in [0, 0.05) is 12.3 Å². The Morgan fingerprint density at radius 2 is 1.63 bits per heavy atom.